The minimum absolute atomic E-state index is 0.543. The van der Waals surface area contributed by atoms with Gasteiger partial charge in [0.1, 0.15) is 0 Å². The quantitative estimate of drug-likeness (QED) is 0.667. The summed E-state index contributed by atoms with van der Waals surface area (Å²) in [5.41, 5.74) is 0. The molecule has 0 saturated carbocycles. The Morgan fingerprint density at radius 1 is 0.556 bits per heavy atom. The number of piperazine rings is 2. The normalized spacial score (nSPS) is 22.8. The molecule has 0 radical (unpaired) electrons. The molecule has 8 heteroatoms. The zero-order valence-electron chi connectivity index (χ0n) is 17.8. The first-order valence-corrected chi connectivity index (χ1v) is 9.93. The molecule has 0 spiro atoms. The topological polar surface area (TPSA) is 53.3 Å². The monoisotopic (exact) mass is 380 g/mol. The molecular weight excluding hydrogens is 340 g/mol. The minimum Gasteiger partial charge on any atom is -0.306 e. The molecule has 3 fully saturated rings. The Kier molecular flexibility index (Phi) is 11.9. The van der Waals surface area contributed by atoms with Gasteiger partial charge < -0.3 is 14.7 Å². The number of nitrogens with zero attached hydrogens (tertiary/aromatic N) is 8. The van der Waals surface area contributed by atoms with Crippen molar-refractivity contribution in [3.8, 4) is 0 Å². The number of likely N-dealkylation sites (tertiary alicyclic amines) is 1. The van der Waals surface area contributed by atoms with E-state index in [0.717, 1.165) is 26.2 Å². The molecule has 0 bridgehead atoms. The molecule has 0 atom stereocenters. The van der Waals surface area contributed by atoms with Crippen molar-refractivity contribution in [2.75, 3.05) is 86.6 Å². The lowest BCUT2D eigenvalue weighted by molar-refractivity contribution is 0.142. The Hall–Kier alpha value is -1.51. The van der Waals surface area contributed by atoms with Crippen LogP contribution in [0.25, 0.3) is 0 Å². The smallest absolute Gasteiger partial charge is 0.0553 e. The van der Waals surface area contributed by atoms with Crippen molar-refractivity contribution in [1.29, 1.82) is 0 Å². The van der Waals surface area contributed by atoms with Crippen LogP contribution in [0, 0.1) is 0 Å². The van der Waals surface area contributed by atoms with Crippen LogP contribution in [-0.2, 0) is 0 Å². The van der Waals surface area contributed by atoms with E-state index in [0.29, 0.717) is 6.04 Å². The molecular formula is C19H40N8. The number of rotatable bonds is 3. The van der Waals surface area contributed by atoms with Crippen LogP contribution in [0.3, 0.4) is 0 Å². The largest absolute Gasteiger partial charge is 0.306 e. The Morgan fingerprint density at radius 2 is 0.889 bits per heavy atom. The summed E-state index contributed by atoms with van der Waals surface area (Å²) in [5, 5.41) is 11.5. The van der Waals surface area contributed by atoms with E-state index in [1.54, 1.807) is 0 Å². The Morgan fingerprint density at radius 3 is 1.19 bits per heavy atom. The van der Waals surface area contributed by atoms with Gasteiger partial charge in [-0.25, -0.2) is 0 Å². The van der Waals surface area contributed by atoms with E-state index < -0.39 is 0 Å². The number of hydrogen-bond acceptors (Lipinski definition) is 8. The third kappa shape index (κ3) is 10.4. The Balaban J connectivity index is 0.000000204. The van der Waals surface area contributed by atoms with Gasteiger partial charge in [0.05, 0.1) is 32.2 Å². The number of hydrogen-bond donors (Lipinski definition) is 0. The molecule has 0 N–H and O–H groups in total. The van der Waals surface area contributed by atoms with Crippen molar-refractivity contribution in [3.63, 3.8) is 0 Å². The fourth-order valence-electron chi connectivity index (χ4n) is 3.05. The van der Waals surface area contributed by atoms with Crippen LogP contribution in [0.4, 0.5) is 0 Å². The minimum atomic E-state index is 0.543. The first-order chi connectivity index (χ1) is 13.0. The zero-order valence-corrected chi connectivity index (χ0v) is 17.8. The van der Waals surface area contributed by atoms with Crippen molar-refractivity contribution in [3.05, 3.63) is 0 Å². The molecule has 0 unspecified atom stereocenters. The Bertz CT molecular complexity index is 380. The van der Waals surface area contributed by atoms with E-state index in [-0.39, 0.29) is 0 Å². The summed E-state index contributed by atoms with van der Waals surface area (Å²) in [6.45, 7) is 21.4. The number of piperidine rings is 1. The van der Waals surface area contributed by atoms with Crippen LogP contribution >= 0.6 is 0 Å². The molecule has 27 heavy (non-hydrogen) atoms. The molecule has 3 heterocycles. The van der Waals surface area contributed by atoms with Crippen LogP contribution in [0.5, 0.6) is 0 Å². The molecule has 3 aliphatic rings. The van der Waals surface area contributed by atoms with Gasteiger partial charge in [0.2, 0.25) is 0 Å². The molecule has 3 rings (SSSR count). The summed E-state index contributed by atoms with van der Waals surface area (Å²) in [5.74, 6) is 0. The molecule has 156 valence electrons. The summed E-state index contributed by atoms with van der Waals surface area (Å²) >= 11 is 0. The van der Waals surface area contributed by atoms with Crippen LogP contribution in [0.2, 0.25) is 0 Å². The van der Waals surface area contributed by atoms with E-state index >= 15 is 0 Å². The first kappa shape index (κ1) is 23.5. The maximum absolute atomic E-state index is 4.01. The zero-order chi connectivity index (χ0) is 20.1. The molecule has 3 saturated heterocycles. The number of hydrazone groups is 2. The fraction of sp³-hybridized carbons (Fsp3) is 0.842. The first-order valence-electron chi connectivity index (χ1n) is 9.93. The van der Waals surface area contributed by atoms with Crippen LogP contribution in [0.1, 0.15) is 12.8 Å². The summed E-state index contributed by atoms with van der Waals surface area (Å²) < 4.78 is 0. The van der Waals surface area contributed by atoms with Gasteiger partial charge in [0.15, 0.2) is 0 Å². The van der Waals surface area contributed by atoms with E-state index in [2.05, 4.69) is 71.2 Å². The van der Waals surface area contributed by atoms with Gasteiger partial charge >= 0.3 is 0 Å². The van der Waals surface area contributed by atoms with Gasteiger partial charge in [0, 0.05) is 39.6 Å². The summed E-state index contributed by atoms with van der Waals surface area (Å²) in [6.07, 6.45) is 2.39. The molecule has 0 aromatic heterocycles. The highest BCUT2D eigenvalue weighted by molar-refractivity contribution is 5.24. The van der Waals surface area contributed by atoms with Crippen LogP contribution in [-0.4, -0.2) is 138 Å². The summed E-state index contributed by atoms with van der Waals surface area (Å²) in [7, 11) is 6.50. The van der Waals surface area contributed by atoms with E-state index in [4.69, 9.17) is 0 Å². The predicted molar refractivity (Wildman–Crippen MR) is 117 cm³/mol. The second-order valence-electron chi connectivity index (χ2n) is 7.51. The van der Waals surface area contributed by atoms with Crippen LogP contribution < -0.4 is 0 Å². The highest BCUT2D eigenvalue weighted by Crippen LogP contribution is 2.10. The molecule has 8 nitrogen and oxygen atoms in total. The molecule has 0 aromatic rings. The van der Waals surface area contributed by atoms with Crippen molar-refractivity contribution in [1.82, 2.24) is 24.7 Å². The van der Waals surface area contributed by atoms with Crippen molar-refractivity contribution in [2.24, 2.45) is 15.2 Å². The molecule has 0 aliphatic carbocycles. The van der Waals surface area contributed by atoms with Crippen molar-refractivity contribution >= 4 is 20.2 Å². The number of aliphatic imine (C=N–C) groups is 1. The Labute approximate surface area is 166 Å². The van der Waals surface area contributed by atoms with E-state index in [9.17, 15) is 0 Å². The van der Waals surface area contributed by atoms with E-state index in [1.807, 2.05) is 10.0 Å². The van der Waals surface area contributed by atoms with Gasteiger partial charge in [-0.1, -0.05) is 0 Å². The lowest BCUT2D eigenvalue weighted by atomic mass is 10.1. The second-order valence-corrected chi connectivity index (χ2v) is 7.51. The SMILES string of the molecule is C=NC1CCN(C)CC1.C=NN1CCN(N=C)CC1.CN1CCN(C)CC1. The van der Waals surface area contributed by atoms with E-state index in [1.165, 1.54) is 52.1 Å². The highest BCUT2D eigenvalue weighted by atomic mass is 15.5. The summed E-state index contributed by atoms with van der Waals surface area (Å²) in [6, 6.07) is 0.543. The molecule has 0 amide bonds. The predicted octanol–water partition coefficient (Wildman–Crippen LogP) is 0.480. The fourth-order valence-corrected chi connectivity index (χ4v) is 3.05. The van der Waals surface area contributed by atoms with Crippen molar-refractivity contribution < 1.29 is 0 Å². The van der Waals surface area contributed by atoms with Gasteiger partial charge in [0.25, 0.3) is 0 Å². The third-order valence-corrected chi connectivity index (χ3v) is 5.31. The maximum atomic E-state index is 4.01. The lowest BCUT2D eigenvalue weighted by Crippen LogP contribution is -2.42. The van der Waals surface area contributed by atoms with Crippen LogP contribution in [0.15, 0.2) is 15.2 Å². The summed E-state index contributed by atoms with van der Waals surface area (Å²) in [4.78, 5) is 11.1. The van der Waals surface area contributed by atoms with Gasteiger partial charge in [-0.2, -0.15) is 10.2 Å². The third-order valence-electron chi connectivity index (χ3n) is 5.31. The second kappa shape index (κ2) is 13.6. The molecule has 3 aliphatic heterocycles. The van der Waals surface area contributed by atoms with Gasteiger partial charge in [-0.05, 0) is 53.8 Å². The van der Waals surface area contributed by atoms with Gasteiger partial charge in [-0.3, -0.25) is 15.0 Å². The average molecular weight is 381 g/mol. The average Bonchev–Trinajstić information content (AvgIpc) is 2.72. The maximum Gasteiger partial charge on any atom is 0.0553 e. The van der Waals surface area contributed by atoms with Crippen molar-refractivity contribution in [2.45, 2.75) is 18.9 Å². The highest BCUT2D eigenvalue weighted by Gasteiger charge is 2.13. The van der Waals surface area contributed by atoms with Gasteiger partial charge in [-0.15, -0.1) is 0 Å². The molecule has 0 aromatic carbocycles. The standard InChI is InChI=1S/C7H14N2.C6H12N4.C6H14N2/c1-8-7-3-5-9(2)6-4-7;1-7-9-3-5-10(8-2)6-4-9;1-7-3-5-8(2)6-4-7/h7H,1,3-6H2,2H3;1-6H2;3-6H2,1-2H3. The lowest BCUT2D eigenvalue weighted by Gasteiger charge is -2.30. The number of likely N-dealkylation sites (N-methyl/N-ethyl adjacent to an activating group) is 2.